The standard InChI is InChI=1S/C15H16Br2N2O2/c1-2-18-14(20)7-10-3-5-11(6-4-10)19-9-12-8-13(16)15(17)21-12/h3-6,8,19H,2,7,9H2,1H3,(H,18,20). The van der Waals surface area contributed by atoms with Crippen molar-refractivity contribution in [1.82, 2.24) is 5.32 Å². The van der Waals surface area contributed by atoms with Crippen molar-refractivity contribution in [3.63, 3.8) is 0 Å². The lowest BCUT2D eigenvalue weighted by atomic mass is 10.1. The van der Waals surface area contributed by atoms with E-state index in [9.17, 15) is 4.79 Å². The van der Waals surface area contributed by atoms with Crippen molar-refractivity contribution in [2.24, 2.45) is 0 Å². The largest absolute Gasteiger partial charge is 0.451 e. The highest BCUT2D eigenvalue weighted by atomic mass is 79.9. The zero-order valence-electron chi connectivity index (χ0n) is 11.6. The van der Waals surface area contributed by atoms with Gasteiger partial charge in [0, 0.05) is 12.2 Å². The zero-order chi connectivity index (χ0) is 15.2. The van der Waals surface area contributed by atoms with E-state index in [4.69, 9.17) is 4.42 Å². The number of halogens is 2. The topological polar surface area (TPSA) is 54.3 Å². The summed E-state index contributed by atoms with van der Waals surface area (Å²) < 4.78 is 7.08. The van der Waals surface area contributed by atoms with Crippen molar-refractivity contribution in [3.8, 4) is 0 Å². The Bertz CT molecular complexity index is 589. The van der Waals surface area contributed by atoms with E-state index in [1.165, 1.54) is 0 Å². The second kappa shape index (κ2) is 7.66. The number of hydrogen-bond acceptors (Lipinski definition) is 3. The molecule has 21 heavy (non-hydrogen) atoms. The second-order valence-electron chi connectivity index (χ2n) is 4.52. The van der Waals surface area contributed by atoms with Crippen LogP contribution in [0.1, 0.15) is 18.2 Å². The van der Waals surface area contributed by atoms with Gasteiger partial charge in [-0.2, -0.15) is 0 Å². The van der Waals surface area contributed by atoms with E-state index in [0.29, 0.717) is 24.2 Å². The summed E-state index contributed by atoms with van der Waals surface area (Å²) in [5, 5.41) is 6.06. The molecule has 0 saturated carbocycles. The molecule has 0 unspecified atom stereocenters. The smallest absolute Gasteiger partial charge is 0.224 e. The monoisotopic (exact) mass is 414 g/mol. The molecule has 1 amide bonds. The molecule has 112 valence electrons. The number of carbonyl (C=O) groups excluding carboxylic acids is 1. The molecule has 2 N–H and O–H groups in total. The first-order chi connectivity index (χ1) is 10.1. The summed E-state index contributed by atoms with van der Waals surface area (Å²) in [5.41, 5.74) is 1.98. The Morgan fingerprint density at radius 2 is 1.95 bits per heavy atom. The van der Waals surface area contributed by atoms with E-state index < -0.39 is 0 Å². The van der Waals surface area contributed by atoms with Crippen LogP contribution in [0.4, 0.5) is 5.69 Å². The molecule has 1 aromatic carbocycles. The van der Waals surface area contributed by atoms with Crippen LogP contribution in [0.2, 0.25) is 0 Å². The van der Waals surface area contributed by atoms with Crippen LogP contribution in [-0.4, -0.2) is 12.5 Å². The quantitative estimate of drug-likeness (QED) is 0.746. The number of benzene rings is 1. The number of hydrogen-bond donors (Lipinski definition) is 2. The van der Waals surface area contributed by atoms with Crippen LogP contribution >= 0.6 is 31.9 Å². The third-order valence-electron chi connectivity index (χ3n) is 2.86. The van der Waals surface area contributed by atoms with Gasteiger partial charge in [-0.3, -0.25) is 4.79 Å². The molecule has 0 radical (unpaired) electrons. The Morgan fingerprint density at radius 1 is 1.24 bits per heavy atom. The predicted octanol–water partition coefficient (Wildman–Crippen LogP) is 4.10. The van der Waals surface area contributed by atoms with E-state index in [2.05, 4.69) is 42.5 Å². The molecule has 0 aliphatic carbocycles. The molecule has 6 heteroatoms. The van der Waals surface area contributed by atoms with Crippen LogP contribution < -0.4 is 10.6 Å². The van der Waals surface area contributed by atoms with Crippen molar-refractivity contribution < 1.29 is 9.21 Å². The highest BCUT2D eigenvalue weighted by Gasteiger charge is 2.06. The summed E-state index contributed by atoms with van der Waals surface area (Å²) in [6.45, 7) is 3.17. The van der Waals surface area contributed by atoms with Gasteiger partial charge in [0.2, 0.25) is 5.91 Å². The fraction of sp³-hybridized carbons (Fsp3) is 0.267. The van der Waals surface area contributed by atoms with Gasteiger partial charge in [0.1, 0.15) is 5.76 Å². The molecule has 0 bridgehead atoms. The van der Waals surface area contributed by atoms with Crippen LogP contribution in [-0.2, 0) is 17.8 Å². The summed E-state index contributed by atoms with van der Waals surface area (Å²) in [7, 11) is 0. The molecule has 1 aromatic heterocycles. The van der Waals surface area contributed by atoms with Gasteiger partial charge in [-0.1, -0.05) is 12.1 Å². The van der Waals surface area contributed by atoms with Crippen molar-refractivity contribution in [3.05, 3.63) is 50.8 Å². The number of nitrogens with one attached hydrogen (secondary N) is 2. The first-order valence-corrected chi connectivity index (χ1v) is 8.20. The van der Waals surface area contributed by atoms with Crippen LogP contribution in [0, 0.1) is 0 Å². The molecule has 0 aliphatic heterocycles. The maximum atomic E-state index is 11.5. The molecular weight excluding hydrogens is 400 g/mol. The van der Waals surface area contributed by atoms with Gasteiger partial charge < -0.3 is 15.1 Å². The van der Waals surface area contributed by atoms with E-state index in [1.807, 2.05) is 37.3 Å². The first kappa shape index (κ1) is 16.1. The zero-order valence-corrected chi connectivity index (χ0v) is 14.8. The average Bonchev–Trinajstić information content (AvgIpc) is 2.77. The Hall–Kier alpha value is -1.27. The van der Waals surface area contributed by atoms with Gasteiger partial charge >= 0.3 is 0 Å². The van der Waals surface area contributed by atoms with Gasteiger partial charge in [0.25, 0.3) is 0 Å². The summed E-state index contributed by atoms with van der Waals surface area (Å²) in [5.74, 6) is 0.878. The van der Waals surface area contributed by atoms with Gasteiger partial charge in [-0.05, 0) is 62.5 Å². The number of amides is 1. The highest BCUT2D eigenvalue weighted by Crippen LogP contribution is 2.27. The summed E-state index contributed by atoms with van der Waals surface area (Å²) in [4.78, 5) is 11.5. The van der Waals surface area contributed by atoms with Gasteiger partial charge in [0.05, 0.1) is 17.4 Å². The maximum absolute atomic E-state index is 11.5. The third kappa shape index (κ3) is 4.89. The molecule has 0 saturated heterocycles. The lowest BCUT2D eigenvalue weighted by Crippen LogP contribution is -2.24. The Morgan fingerprint density at radius 3 is 2.52 bits per heavy atom. The average molecular weight is 416 g/mol. The number of anilines is 1. The molecule has 1 heterocycles. The van der Waals surface area contributed by atoms with Crippen LogP contribution in [0.5, 0.6) is 0 Å². The summed E-state index contributed by atoms with van der Waals surface area (Å²) >= 11 is 6.69. The minimum Gasteiger partial charge on any atom is -0.451 e. The van der Waals surface area contributed by atoms with Crippen LogP contribution in [0.15, 0.2) is 43.9 Å². The lowest BCUT2D eigenvalue weighted by Gasteiger charge is -2.06. The third-order valence-corrected chi connectivity index (χ3v) is 4.57. The molecular formula is C15H16Br2N2O2. The summed E-state index contributed by atoms with van der Waals surface area (Å²) in [6.07, 6.45) is 0.409. The van der Waals surface area contributed by atoms with Gasteiger partial charge in [-0.15, -0.1) is 0 Å². The fourth-order valence-corrected chi connectivity index (χ4v) is 2.51. The van der Waals surface area contributed by atoms with E-state index in [0.717, 1.165) is 21.5 Å². The molecule has 0 spiro atoms. The maximum Gasteiger partial charge on any atom is 0.224 e. The number of carbonyl (C=O) groups is 1. The molecule has 0 fully saturated rings. The van der Waals surface area contributed by atoms with Crippen LogP contribution in [0.25, 0.3) is 0 Å². The van der Waals surface area contributed by atoms with Gasteiger partial charge in [0.15, 0.2) is 4.67 Å². The Balaban J connectivity index is 1.88. The van der Waals surface area contributed by atoms with Crippen molar-refractivity contribution >= 4 is 43.5 Å². The minimum absolute atomic E-state index is 0.0449. The van der Waals surface area contributed by atoms with Crippen molar-refractivity contribution in [2.45, 2.75) is 19.9 Å². The Kier molecular flexibility index (Phi) is 5.87. The number of furan rings is 1. The molecule has 0 aliphatic rings. The van der Waals surface area contributed by atoms with Crippen molar-refractivity contribution in [1.29, 1.82) is 0 Å². The fourth-order valence-electron chi connectivity index (χ4n) is 1.85. The van der Waals surface area contributed by atoms with Crippen LogP contribution in [0.3, 0.4) is 0 Å². The van der Waals surface area contributed by atoms with Gasteiger partial charge in [-0.25, -0.2) is 0 Å². The molecule has 0 atom stereocenters. The van der Waals surface area contributed by atoms with E-state index in [-0.39, 0.29) is 5.91 Å². The summed E-state index contributed by atoms with van der Waals surface area (Å²) in [6, 6.07) is 9.74. The number of rotatable bonds is 6. The molecule has 2 aromatic rings. The van der Waals surface area contributed by atoms with Crippen molar-refractivity contribution in [2.75, 3.05) is 11.9 Å². The first-order valence-electron chi connectivity index (χ1n) is 6.61. The number of likely N-dealkylation sites (N-methyl/N-ethyl adjacent to an activating group) is 1. The molecule has 2 rings (SSSR count). The highest BCUT2D eigenvalue weighted by molar-refractivity contribution is 9.13. The SMILES string of the molecule is CCNC(=O)Cc1ccc(NCc2cc(Br)c(Br)o2)cc1. The van der Waals surface area contributed by atoms with E-state index in [1.54, 1.807) is 0 Å². The minimum atomic E-state index is 0.0449. The normalized spacial score (nSPS) is 10.4. The molecule has 4 nitrogen and oxygen atoms in total. The lowest BCUT2D eigenvalue weighted by molar-refractivity contribution is -0.120. The predicted molar refractivity (Wildman–Crippen MR) is 90.3 cm³/mol. The van der Waals surface area contributed by atoms with E-state index >= 15 is 0 Å². The second-order valence-corrected chi connectivity index (χ2v) is 6.09. The Labute approximate surface area is 140 Å².